The number of epoxide rings is 1. The molecular formula is C10H18O4. The van der Waals surface area contributed by atoms with Crippen LogP contribution in [0, 0.1) is 5.92 Å². The van der Waals surface area contributed by atoms with Crippen molar-refractivity contribution in [2.24, 2.45) is 5.92 Å². The van der Waals surface area contributed by atoms with Crippen molar-refractivity contribution in [1.82, 2.24) is 0 Å². The van der Waals surface area contributed by atoms with Crippen molar-refractivity contribution >= 4 is 0 Å². The molecule has 2 aliphatic rings. The molecule has 4 atom stereocenters. The highest BCUT2D eigenvalue weighted by molar-refractivity contribution is 4.95. The van der Waals surface area contributed by atoms with Crippen LogP contribution in [-0.2, 0) is 14.2 Å². The third-order valence-corrected chi connectivity index (χ3v) is 2.80. The Morgan fingerprint density at radius 1 is 1.36 bits per heavy atom. The van der Waals surface area contributed by atoms with Crippen LogP contribution in [0.15, 0.2) is 0 Å². The van der Waals surface area contributed by atoms with Crippen LogP contribution < -0.4 is 0 Å². The van der Waals surface area contributed by atoms with Gasteiger partial charge in [-0.2, -0.15) is 0 Å². The van der Waals surface area contributed by atoms with Gasteiger partial charge < -0.3 is 19.3 Å². The van der Waals surface area contributed by atoms with Gasteiger partial charge in [0.05, 0.1) is 19.3 Å². The minimum absolute atomic E-state index is 0.0312. The molecule has 0 aromatic rings. The van der Waals surface area contributed by atoms with E-state index in [9.17, 15) is 0 Å². The van der Waals surface area contributed by atoms with Gasteiger partial charge in [0.15, 0.2) is 5.79 Å². The molecule has 82 valence electrons. The Bertz CT molecular complexity index is 216. The van der Waals surface area contributed by atoms with E-state index in [1.165, 1.54) is 0 Å². The predicted molar refractivity (Wildman–Crippen MR) is 49.8 cm³/mol. The molecule has 1 N–H and O–H groups in total. The predicted octanol–water partition coefficient (Wildman–Crippen LogP) is 0.534. The second kappa shape index (κ2) is 3.45. The molecule has 0 aliphatic carbocycles. The largest absolute Gasteiger partial charge is 0.394 e. The van der Waals surface area contributed by atoms with Crippen molar-refractivity contribution < 1.29 is 19.3 Å². The second-order valence-corrected chi connectivity index (χ2v) is 4.59. The SMILES string of the molecule is C[C@H]1COC(C)(C)O[C@H]1[C@H]1O[C@@H]1CO. The zero-order chi connectivity index (χ0) is 10.3. The van der Waals surface area contributed by atoms with Gasteiger partial charge in [0.2, 0.25) is 0 Å². The summed E-state index contributed by atoms with van der Waals surface area (Å²) >= 11 is 0. The average Bonchev–Trinajstić information content (AvgIpc) is 2.88. The smallest absolute Gasteiger partial charge is 0.163 e. The lowest BCUT2D eigenvalue weighted by Gasteiger charge is -2.39. The van der Waals surface area contributed by atoms with Gasteiger partial charge in [0.25, 0.3) is 0 Å². The minimum Gasteiger partial charge on any atom is -0.394 e. The molecule has 2 heterocycles. The van der Waals surface area contributed by atoms with Crippen molar-refractivity contribution in [2.75, 3.05) is 13.2 Å². The molecule has 2 fully saturated rings. The number of aliphatic hydroxyl groups is 1. The van der Waals surface area contributed by atoms with Crippen LogP contribution in [-0.4, -0.2) is 42.4 Å². The molecule has 4 nitrogen and oxygen atoms in total. The van der Waals surface area contributed by atoms with Crippen LogP contribution in [0.25, 0.3) is 0 Å². The summed E-state index contributed by atoms with van der Waals surface area (Å²) in [7, 11) is 0. The monoisotopic (exact) mass is 202 g/mol. The Balaban J connectivity index is 1.96. The van der Waals surface area contributed by atoms with Crippen molar-refractivity contribution in [1.29, 1.82) is 0 Å². The van der Waals surface area contributed by atoms with Crippen molar-refractivity contribution in [2.45, 2.75) is 44.9 Å². The number of hydrogen-bond donors (Lipinski definition) is 1. The Kier molecular flexibility index (Phi) is 2.55. The summed E-state index contributed by atoms with van der Waals surface area (Å²) in [6.45, 7) is 6.66. The van der Waals surface area contributed by atoms with Gasteiger partial charge in [-0.15, -0.1) is 0 Å². The molecule has 2 aliphatic heterocycles. The maximum Gasteiger partial charge on any atom is 0.163 e. The van der Waals surface area contributed by atoms with Crippen LogP contribution in [0.2, 0.25) is 0 Å². The lowest BCUT2D eigenvalue weighted by molar-refractivity contribution is -0.293. The van der Waals surface area contributed by atoms with Gasteiger partial charge >= 0.3 is 0 Å². The quantitative estimate of drug-likeness (QED) is 0.664. The molecule has 0 radical (unpaired) electrons. The molecule has 0 saturated carbocycles. The Morgan fingerprint density at radius 2 is 2.07 bits per heavy atom. The first-order valence-electron chi connectivity index (χ1n) is 5.11. The highest BCUT2D eigenvalue weighted by Crippen LogP contribution is 2.36. The van der Waals surface area contributed by atoms with E-state index >= 15 is 0 Å². The van der Waals surface area contributed by atoms with E-state index in [-0.39, 0.29) is 24.9 Å². The summed E-state index contributed by atoms with van der Waals surface area (Å²) in [5.41, 5.74) is 0. The molecule has 0 aromatic heterocycles. The van der Waals surface area contributed by atoms with E-state index in [2.05, 4.69) is 6.92 Å². The molecule has 0 spiro atoms. The van der Waals surface area contributed by atoms with E-state index in [4.69, 9.17) is 19.3 Å². The Hall–Kier alpha value is -0.160. The van der Waals surface area contributed by atoms with Gasteiger partial charge in [-0.05, 0) is 13.8 Å². The fourth-order valence-electron chi connectivity index (χ4n) is 1.89. The summed E-state index contributed by atoms with van der Waals surface area (Å²) in [6, 6.07) is 0. The van der Waals surface area contributed by atoms with Crippen LogP contribution in [0.5, 0.6) is 0 Å². The van der Waals surface area contributed by atoms with Crippen LogP contribution in [0.3, 0.4) is 0 Å². The van der Waals surface area contributed by atoms with E-state index in [0.29, 0.717) is 12.5 Å². The first kappa shape index (κ1) is 10.4. The fraction of sp³-hybridized carbons (Fsp3) is 1.00. The van der Waals surface area contributed by atoms with E-state index in [1.54, 1.807) is 0 Å². The maximum absolute atomic E-state index is 8.91. The van der Waals surface area contributed by atoms with Crippen molar-refractivity contribution in [3.63, 3.8) is 0 Å². The molecule has 0 unspecified atom stereocenters. The number of rotatable bonds is 2. The molecule has 0 aromatic carbocycles. The lowest BCUT2D eigenvalue weighted by Crippen LogP contribution is -2.47. The number of aliphatic hydroxyl groups excluding tert-OH is 1. The summed E-state index contributed by atoms with van der Waals surface area (Å²) in [4.78, 5) is 0. The first-order valence-corrected chi connectivity index (χ1v) is 5.11. The zero-order valence-electron chi connectivity index (χ0n) is 8.90. The molecule has 0 amide bonds. The first-order chi connectivity index (χ1) is 6.53. The average molecular weight is 202 g/mol. The molecular weight excluding hydrogens is 184 g/mol. The van der Waals surface area contributed by atoms with Gasteiger partial charge in [0.1, 0.15) is 12.2 Å². The Labute approximate surface area is 84.1 Å². The maximum atomic E-state index is 8.91. The zero-order valence-corrected chi connectivity index (χ0v) is 8.90. The molecule has 4 heteroatoms. The highest BCUT2D eigenvalue weighted by atomic mass is 16.7. The second-order valence-electron chi connectivity index (χ2n) is 4.59. The number of hydrogen-bond acceptors (Lipinski definition) is 4. The van der Waals surface area contributed by atoms with Gasteiger partial charge in [-0.25, -0.2) is 0 Å². The van der Waals surface area contributed by atoms with Crippen LogP contribution in [0.4, 0.5) is 0 Å². The summed E-state index contributed by atoms with van der Waals surface area (Å²) in [6.07, 6.45) is 0.0745. The highest BCUT2D eigenvalue weighted by Gasteiger charge is 2.50. The van der Waals surface area contributed by atoms with Crippen molar-refractivity contribution in [3.8, 4) is 0 Å². The third-order valence-electron chi connectivity index (χ3n) is 2.80. The van der Waals surface area contributed by atoms with Crippen LogP contribution >= 0.6 is 0 Å². The van der Waals surface area contributed by atoms with Crippen molar-refractivity contribution in [3.05, 3.63) is 0 Å². The molecule has 2 rings (SSSR count). The van der Waals surface area contributed by atoms with Gasteiger partial charge in [-0.3, -0.25) is 0 Å². The topological polar surface area (TPSA) is 51.2 Å². The van der Waals surface area contributed by atoms with E-state index in [1.807, 2.05) is 13.8 Å². The van der Waals surface area contributed by atoms with Gasteiger partial charge in [0, 0.05) is 5.92 Å². The van der Waals surface area contributed by atoms with E-state index < -0.39 is 5.79 Å². The fourth-order valence-corrected chi connectivity index (χ4v) is 1.89. The minimum atomic E-state index is -0.525. The standard InChI is InChI=1S/C10H18O4/c1-6-5-12-10(2,3)14-8(6)9-7(4-11)13-9/h6-9,11H,4-5H2,1-3H3/t6-,7+,8+,9-/m0/s1. The summed E-state index contributed by atoms with van der Waals surface area (Å²) < 4.78 is 16.6. The summed E-state index contributed by atoms with van der Waals surface area (Å²) in [5.74, 6) is -0.201. The summed E-state index contributed by atoms with van der Waals surface area (Å²) in [5, 5.41) is 8.91. The molecule has 2 saturated heterocycles. The number of ether oxygens (including phenoxy) is 3. The molecule has 14 heavy (non-hydrogen) atoms. The lowest BCUT2D eigenvalue weighted by atomic mass is 9.99. The van der Waals surface area contributed by atoms with Gasteiger partial charge in [-0.1, -0.05) is 6.92 Å². The van der Waals surface area contributed by atoms with E-state index in [0.717, 1.165) is 0 Å². The Morgan fingerprint density at radius 3 is 2.64 bits per heavy atom. The van der Waals surface area contributed by atoms with Crippen LogP contribution in [0.1, 0.15) is 20.8 Å². The normalized spacial score (nSPS) is 46.3. The third kappa shape index (κ3) is 1.93. The molecule has 0 bridgehead atoms.